The van der Waals surface area contributed by atoms with Gasteiger partial charge in [0.15, 0.2) is 0 Å². The third-order valence-electron chi connectivity index (χ3n) is 4.98. The smallest absolute Gasteiger partial charge is 0.337 e. The molecule has 3 rings (SSSR count). The average molecular weight is 367 g/mol. The van der Waals surface area contributed by atoms with Crippen molar-refractivity contribution in [1.82, 2.24) is 4.90 Å². The van der Waals surface area contributed by atoms with E-state index in [2.05, 4.69) is 47.0 Å². The fourth-order valence-electron chi connectivity index (χ4n) is 3.10. The molecule has 1 aliphatic rings. The summed E-state index contributed by atoms with van der Waals surface area (Å²) in [7, 11) is 1.34. The van der Waals surface area contributed by atoms with Crippen LogP contribution in [-0.2, 0) is 4.74 Å². The highest BCUT2D eigenvalue weighted by molar-refractivity contribution is 5.92. The Morgan fingerprint density at radius 3 is 2.19 bits per heavy atom. The third-order valence-corrected chi connectivity index (χ3v) is 4.98. The minimum atomic E-state index is -0.393. The van der Waals surface area contributed by atoms with E-state index in [-0.39, 0.29) is 6.03 Å². The molecule has 0 aliphatic carbocycles. The quantitative estimate of drug-likeness (QED) is 0.844. The maximum absolute atomic E-state index is 12.5. The summed E-state index contributed by atoms with van der Waals surface area (Å²) >= 11 is 0. The number of nitrogens with one attached hydrogen (secondary N) is 1. The van der Waals surface area contributed by atoms with Crippen molar-refractivity contribution < 1.29 is 14.3 Å². The molecule has 142 valence electrons. The normalized spacial score (nSPS) is 14.0. The van der Waals surface area contributed by atoms with E-state index in [0.717, 1.165) is 13.1 Å². The molecule has 6 heteroatoms. The molecule has 1 heterocycles. The van der Waals surface area contributed by atoms with Crippen LogP contribution < -0.4 is 10.2 Å². The summed E-state index contributed by atoms with van der Waals surface area (Å²) < 4.78 is 4.67. The Hall–Kier alpha value is -3.02. The molecule has 1 aliphatic heterocycles. The van der Waals surface area contributed by atoms with Crippen molar-refractivity contribution >= 4 is 23.4 Å². The average Bonchev–Trinajstić information content (AvgIpc) is 2.70. The van der Waals surface area contributed by atoms with E-state index in [1.165, 1.54) is 23.9 Å². The molecule has 2 aromatic carbocycles. The first kappa shape index (κ1) is 18.8. The first-order valence-corrected chi connectivity index (χ1v) is 9.04. The minimum Gasteiger partial charge on any atom is -0.465 e. The lowest BCUT2D eigenvalue weighted by Gasteiger charge is -2.36. The van der Waals surface area contributed by atoms with Crippen molar-refractivity contribution in [2.45, 2.75) is 13.8 Å². The Morgan fingerprint density at radius 1 is 0.926 bits per heavy atom. The number of nitrogens with zero attached hydrogens (tertiary/aromatic N) is 2. The van der Waals surface area contributed by atoms with Crippen LogP contribution in [0.2, 0.25) is 0 Å². The van der Waals surface area contributed by atoms with Gasteiger partial charge in [0.1, 0.15) is 0 Å². The molecule has 0 radical (unpaired) electrons. The van der Waals surface area contributed by atoms with E-state index >= 15 is 0 Å². The van der Waals surface area contributed by atoms with Crippen LogP contribution in [0.15, 0.2) is 42.5 Å². The molecule has 0 aromatic heterocycles. The number of esters is 1. The number of piperazine rings is 1. The highest BCUT2D eigenvalue weighted by atomic mass is 16.5. The van der Waals surface area contributed by atoms with Crippen LogP contribution in [-0.4, -0.2) is 50.2 Å². The summed E-state index contributed by atoms with van der Waals surface area (Å²) in [5.74, 6) is -0.393. The lowest BCUT2D eigenvalue weighted by Crippen LogP contribution is -2.50. The van der Waals surface area contributed by atoms with Gasteiger partial charge >= 0.3 is 12.0 Å². The van der Waals surface area contributed by atoms with Crippen LogP contribution >= 0.6 is 0 Å². The number of hydrogen-bond acceptors (Lipinski definition) is 4. The van der Waals surface area contributed by atoms with Crippen molar-refractivity contribution in [2.24, 2.45) is 0 Å². The predicted molar refractivity (Wildman–Crippen MR) is 107 cm³/mol. The molecule has 2 aromatic rings. The van der Waals surface area contributed by atoms with Gasteiger partial charge in [0.2, 0.25) is 0 Å². The largest absolute Gasteiger partial charge is 0.465 e. The molecule has 0 saturated carbocycles. The maximum Gasteiger partial charge on any atom is 0.337 e. The van der Waals surface area contributed by atoms with E-state index in [1.807, 2.05) is 4.90 Å². The molecule has 0 spiro atoms. The van der Waals surface area contributed by atoms with Crippen LogP contribution in [0.1, 0.15) is 21.5 Å². The number of anilines is 2. The van der Waals surface area contributed by atoms with Gasteiger partial charge in [-0.15, -0.1) is 0 Å². The fraction of sp³-hybridized carbons (Fsp3) is 0.333. The Balaban J connectivity index is 1.55. The zero-order valence-electron chi connectivity index (χ0n) is 16.0. The van der Waals surface area contributed by atoms with Crippen molar-refractivity contribution in [1.29, 1.82) is 0 Å². The molecule has 27 heavy (non-hydrogen) atoms. The Morgan fingerprint density at radius 2 is 1.59 bits per heavy atom. The van der Waals surface area contributed by atoms with Gasteiger partial charge in [0.05, 0.1) is 12.7 Å². The number of carbonyl (C=O) groups is 2. The number of ether oxygens (including phenoxy) is 1. The van der Waals surface area contributed by atoms with Crippen molar-refractivity contribution in [3.8, 4) is 0 Å². The van der Waals surface area contributed by atoms with Gasteiger partial charge in [-0.3, -0.25) is 0 Å². The van der Waals surface area contributed by atoms with Crippen molar-refractivity contribution in [2.75, 3.05) is 43.5 Å². The number of urea groups is 1. The summed E-state index contributed by atoms with van der Waals surface area (Å²) in [4.78, 5) is 28.1. The monoisotopic (exact) mass is 367 g/mol. The Bertz CT molecular complexity index is 825. The molecule has 0 unspecified atom stereocenters. The van der Waals surface area contributed by atoms with Crippen molar-refractivity contribution in [3.63, 3.8) is 0 Å². The van der Waals surface area contributed by atoms with Gasteiger partial charge in [0.25, 0.3) is 0 Å². The molecular formula is C21H25N3O3. The Labute approximate surface area is 159 Å². The number of methoxy groups -OCH3 is 1. The summed E-state index contributed by atoms with van der Waals surface area (Å²) in [5.41, 5.74) is 4.89. The molecular weight excluding hydrogens is 342 g/mol. The van der Waals surface area contributed by atoms with Crippen LogP contribution in [0.25, 0.3) is 0 Å². The van der Waals surface area contributed by atoms with Gasteiger partial charge in [-0.1, -0.05) is 6.07 Å². The maximum atomic E-state index is 12.5. The third kappa shape index (κ3) is 4.39. The SMILES string of the molecule is COC(=O)c1ccc(NC(=O)N2CCN(c3ccc(C)c(C)c3)CC2)cc1. The molecule has 0 bridgehead atoms. The Kier molecular flexibility index (Phi) is 5.64. The summed E-state index contributed by atoms with van der Waals surface area (Å²) in [6.45, 7) is 7.17. The van der Waals surface area contributed by atoms with Crippen molar-refractivity contribution in [3.05, 3.63) is 59.2 Å². The second-order valence-corrected chi connectivity index (χ2v) is 6.74. The van der Waals surface area contributed by atoms with E-state index in [1.54, 1.807) is 24.3 Å². The zero-order valence-corrected chi connectivity index (χ0v) is 16.0. The minimum absolute atomic E-state index is 0.124. The van der Waals surface area contributed by atoms with E-state index < -0.39 is 5.97 Å². The topological polar surface area (TPSA) is 61.9 Å². The van der Waals surface area contributed by atoms with Crippen LogP contribution in [0.5, 0.6) is 0 Å². The predicted octanol–water partition coefficient (Wildman–Crippen LogP) is 3.44. The number of amides is 2. The fourth-order valence-corrected chi connectivity index (χ4v) is 3.10. The lowest BCUT2D eigenvalue weighted by molar-refractivity contribution is 0.0600. The van der Waals surface area contributed by atoms with E-state index in [0.29, 0.717) is 24.3 Å². The van der Waals surface area contributed by atoms with E-state index in [9.17, 15) is 9.59 Å². The first-order valence-electron chi connectivity index (χ1n) is 9.04. The standard InChI is InChI=1S/C21H25N3O3/c1-15-4-9-19(14-16(15)2)23-10-12-24(13-11-23)21(26)22-18-7-5-17(6-8-18)20(25)27-3/h4-9,14H,10-13H2,1-3H3,(H,22,26). The molecule has 1 saturated heterocycles. The first-order chi connectivity index (χ1) is 13.0. The van der Waals surface area contributed by atoms with Gasteiger partial charge in [-0.2, -0.15) is 0 Å². The number of carbonyl (C=O) groups excluding carboxylic acids is 2. The molecule has 1 fully saturated rings. The van der Waals surface area contributed by atoms with E-state index in [4.69, 9.17) is 0 Å². The highest BCUT2D eigenvalue weighted by Gasteiger charge is 2.21. The van der Waals surface area contributed by atoms with Gasteiger partial charge in [-0.05, 0) is 61.4 Å². The number of hydrogen-bond donors (Lipinski definition) is 1. The highest BCUT2D eigenvalue weighted by Crippen LogP contribution is 2.20. The number of benzene rings is 2. The second kappa shape index (κ2) is 8.12. The van der Waals surface area contributed by atoms with Crippen LogP contribution in [0.3, 0.4) is 0 Å². The van der Waals surface area contributed by atoms with Gasteiger partial charge < -0.3 is 19.9 Å². The molecule has 1 N–H and O–H groups in total. The van der Waals surface area contributed by atoms with Crippen LogP contribution in [0.4, 0.5) is 16.2 Å². The zero-order chi connectivity index (χ0) is 19.4. The summed E-state index contributed by atoms with van der Waals surface area (Å²) in [5, 5.41) is 2.88. The van der Waals surface area contributed by atoms with Gasteiger partial charge in [0, 0.05) is 37.6 Å². The molecule has 2 amide bonds. The summed E-state index contributed by atoms with van der Waals surface area (Å²) in [6.07, 6.45) is 0. The number of rotatable bonds is 3. The van der Waals surface area contributed by atoms with Gasteiger partial charge in [-0.25, -0.2) is 9.59 Å². The molecule has 0 atom stereocenters. The second-order valence-electron chi connectivity index (χ2n) is 6.74. The lowest BCUT2D eigenvalue weighted by atomic mass is 10.1. The number of aryl methyl sites for hydroxylation is 2. The summed E-state index contributed by atoms with van der Waals surface area (Å²) in [6, 6.07) is 13.0. The molecule has 6 nitrogen and oxygen atoms in total. The van der Waals surface area contributed by atoms with Crippen LogP contribution in [0, 0.1) is 13.8 Å².